The zero-order valence-corrected chi connectivity index (χ0v) is 13.8. The molecule has 20 heavy (non-hydrogen) atoms. The number of aryl methyl sites for hydroxylation is 2. The molecule has 0 aliphatic heterocycles. The van der Waals surface area contributed by atoms with Gasteiger partial charge in [-0.2, -0.15) is 10.2 Å². The molecule has 0 saturated carbocycles. The molecule has 0 N–H and O–H groups in total. The largest absolute Gasteiger partial charge is 1.00 e. The van der Waals surface area contributed by atoms with Crippen LogP contribution >= 0.6 is 0 Å². The van der Waals surface area contributed by atoms with Gasteiger partial charge in [0.05, 0.1) is 31.9 Å². The first-order chi connectivity index (χ1) is 9.22. The summed E-state index contributed by atoms with van der Waals surface area (Å²) in [5.41, 5.74) is 2.10. The van der Waals surface area contributed by atoms with Crippen molar-refractivity contribution in [1.82, 2.24) is 4.57 Å². The molecule has 0 aliphatic rings. The fourth-order valence-electron chi connectivity index (χ4n) is 2.03. The quantitative estimate of drug-likeness (QED) is 0.430. The van der Waals surface area contributed by atoms with E-state index in [2.05, 4.69) is 38.4 Å². The zero-order chi connectivity index (χ0) is 13.7. The molecule has 0 aliphatic carbocycles. The van der Waals surface area contributed by atoms with Gasteiger partial charge in [0.15, 0.2) is 0 Å². The summed E-state index contributed by atoms with van der Waals surface area (Å²) in [4.78, 5) is 0. The molecule has 1 aromatic carbocycles. The van der Waals surface area contributed by atoms with Crippen LogP contribution in [0.2, 0.25) is 0 Å². The Hall–Kier alpha value is -1.49. The van der Waals surface area contributed by atoms with E-state index in [0.29, 0.717) is 0 Å². The van der Waals surface area contributed by atoms with Crippen LogP contribution in [0.1, 0.15) is 19.8 Å². The summed E-state index contributed by atoms with van der Waals surface area (Å²) in [6, 6.07) is 8.20. The van der Waals surface area contributed by atoms with Gasteiger partial charge >= 0.3 is 0 Å². The average Bonchev–Trinajstić information content (AvgIpc) is 2.75. The van der Waals surface area contributed by atoms with Crippen molar-refractivity contribution in [2.75, 3.05) is 6.54 Å². The minimum absolute atomic E-state index is 0. The fraction of sp³-hybridized carbons (Fsp3) is 0.400. The molecule has 0 spiro atoms. The molecular weight excluding hydrogens is 316 g/mol. The van der Waals surface area contributed by atoms with Gasteiger partial charge in [-0.1, -0.05) is 13.3 Å². The monoisotopic (exact) mass is 336 g/mol. The summed E-state index contributed by atoms with van der Waals surface area (Å²) in [5, 5.41) is 8.40. The number of hydrogen-bond donors (Lipinski definition) is 0. The first-order valence-corrected chi connectivity index (χ1v) is 6.71. The third-order valence-electron chi connectivity index (χ3n) is 3.11. The Morgan fingerprint density at radius 3 is 2.45 bits per heavy atom. The highest BCUT2D eigenvalue weighted by Crippen LogP contribution is 2.20. The molecule has 0 fully saturated rings. The van der Waals surface area contributed by atoms with Crippen molar-refractivity contribution >= 4 is 5.69 Å². The summed E-state index contributed by atoms with van der Waals surface area (Å²) in [5.74, 6) is 1.18. The lowest BCUT2D eigenvalue weighted by Crippen LogP contribution is -3.00. The lowest BCUT2D eigenvalue weighted by molar-refractivity contribution is -0.659. The highest BCUT2D eigenvalue weighted by Gasteiger charge is 2.13. The smallest absolute Gasteiger partial charge is 0.288 e. The summed E-state index contributed by atoms with van der Waals surface area (Å²) in [7, 11) is 4.10. The Morgan fingerprint density at radius 2 is 1.90 bits per heavy atom. The van der Waals surface area contributed by atoms with Crippen molar-refractivity contribution in [3.05, 3.63) is 36.7 Å². The predicted molar refractivity (Wildman–Crippen MR) is 76.3 cm³/mol. The van der Waals surface area contributed by atoms with E-state index in [9.17, 15) is 0 Å². The summed E-state index contributed by atoms with van der Waals surface area (Å²) >= 11 is 0. The molecule has 0 radical (unpaired) electrons. The van der Waals surface area contributed by atoms with Gasteiger partial charge in [0.1, 0.15) is 12.4 Å². The van der Waals surface area contributed by atoms with E-state index in [0.717, 1.165) is 25.1 Å². The second kappa shape index (κ2) is 7.94. The van der Waals surface area contributed by atoms with Crippen LogP contribution in [-0.4, -0.2) is 11.1 Å². The Balaban J connectivity index is 0.00000200. The first kappa shape index (κ1) is 16.6. The second-order valence-electron chi connectivity index (χ2n) is 4.71. The van der Waals surface area contributed by atoms with E-state index in [1.54, 1.807) is 0 Å². The maximum absolute atomic E-state index is 4.22. The van der Waals surface area contributed by atoms with Crippen molar-refractivity contribution in [3.63, 3.8) is 0 Å². The van der Waals surface area contributed by atoms with Crippen molar-refractivity contribution in [3.8, 4) is 11.4 Å². The van der Waals surface area contributed by atoms with Gasteiger partial charge < -0.3 is 17.0 Å². The van der Waals surface area contributed by atoms with Crippen molar-refractivity contribution in [1.29, 1.82) is 0 Å². The van der Waals surface area contributed by atoms with E-state index in [-0.39, 0.29) is 17.0 Å². The molecule has 108 valence electrons. The van der Waals surface area contributed by atoms with Gasteiger partial charge in [-0.3, -0.25) is 0 Å². The number of nitrogens with zero attached hydrogens (tertiary/aromatic N) is 4. The maximum Gasteiger partial charge on any atom is 0.288 e. The topological polar surface area (TPSA) is 33.5 Å². The lowest BCUT2D eigenvalue weighted by atomic mass is 10.2. The molecular formula is C15H21BrN4. The number of halogens is 1. The van der Waals surface area contributed by atoms with Crippen LogP contribution in [0.5, 0.6) is 0 Å². The molecule has 0 unspecified atom stereocenters. The summed E-state index contributed by atoms with van der Waals surface area (Å²) in [6.45, 7) is 2.97. The first-order valence-electron chi connectivity index (χ1n) is 6.71. The van der Waals surface area contributed by atoms with Gasteiger partial charge in [-0.25, -0.2) is 9.13 Å². The van der Waals surface area contributed by atoms with E-state index in [4.69, 9.17) is 0 Å². The highest BCUT2D eigenvalue weighted by molar-refractivity contribution is 5.56. The Morgan fingerprint density at radius 1 is 1.20 bits per heavy atom. The molecule has 5 heteroatoms. The second-order valence-corrected chi connectivity index (χ2v) is 4.71. The molecule has 1 heterocycles. The molecule has 0 bridgehead atoms. The molecule has 2 aromatic rings. The van der Waals surface area contributed by atoms with Crippen LogP contribution in [0.4, 0.5) is 5.69 Å². The number of aromatic nitrogens is 2. The fourth-order valence-corrected chi connectivity index (χ4v) is 2.03. The average molecular weight is 337 g/mol. The van der Waals surface area contributed by atoms with Gasteiger partial charge in [0.25, 0.3) is 5.82 Å². The van der Waals surface area contributed by atoms with Crippen LogP contribution in [-0.2, 0) is 14.1 Å². The zero-order valence-electron chi connectivity index (χ0n) is 12.3. The molecule has 0 saturated heterocycles. The Labute approximate surface area is 130 Å². The van der Waals surface area contributed by atoms with E-state index >= 15 is 0 Å². The van der Waals surface area contributed by atoms with Crippen LogP contribution in [0.25, 0.3) is 11.4 Å². The van der Waals surface area contributed by atoms with Gasteiger partial charge in [0, 0.05) is 0 Å². The Kier molecular flexibility index (Phi) is 6.58. The number of rotatable bonds is 5. The third kappa shape index (κ3) is 4.00. The molecule has 0 amide bonds. The molecule has 0 atom stereocenters. The minimum atomic E-state index is 0. The third-order valence-corrected chi connectivity index (χ3v) is 3.11. The van der Waals surface area contributed by atoms with Crippen molar-refractivity contribution < 1.29 is 21.5 Å². The Bertz CT molecular complexity index is 538. The molecule has 4 nitrogen and oxygen atoms in total. The van der Waals surface area contributed by atoms with Crippen molar-refractivity contribution in [2.24, 2.45) is 24.3 Å². The summed E-state index contributed by atoms with van der Waals surface area (Å²) in [6.07, 6.45) is 6.35. The van der Waals surface area contributed by atoms with Crippen LogP contribution in [0, 0.1) is 0 Å². The number of benzene rings is 1. The number of imidazole rings is 1. The standard InChI is InChI=1S/C15H21N4.BrH/c1-4-5-10-16-17-14-8-6-13(7-9-14)15-18(2)11-12-19(15)3;/h6-9,11-12H,4-5,10H2,1-3H3;1H/q+1;/p-1. The van der Waals surface area contributed by atoms with Crippen LogP contribution in [0.15, 0.2) is 46.9 Å². The number of azo groups is 1. The molecule has 1 aromatic heterocycles. The minimum Gasteiger partial charge on any atom is -1.00 e. The van der Waals surface area contributed by atoms with Gasteiger partial charge in [0.2, 0.25) is 0 Å². The van der Waals surface area contributed by atoms with Crippen LogP contribution in [0.3, 0.4) is 0 Å². The summed E-state index contributed by atoms with van der Waals surface area (Å²) < 4.78 is 4.22. The number of unbranched alkanes of at least 4 members (excludes halogenated alkanes) is 1. The lowest BCUT2D eigenvalue weighted by Gasteiger charge is -1.99. The van der Waals surface area contributed by atoms with Crippen molar-refractivity contribution in [2.45, 2.75) is 19.8 Å². The van der Waals surface area contributed by atoms with E-state index in [1.807, 2.05) is 38.6 Å². The predicted octanol–water partition coefficient (Wildman–Crippen LogP) is 0.404. The number of hydrogen-bond acceptors (Lipinski definition) is 2. The normalized spacial score (nSPS) is 10.8. The van der Waals surface area contributed by atoms with E-state index < -0.39 is 0 Å². The van der Waals surface area contributed by atoms with Gasteiger partial charge in [-0.05, 0) is 30.7 Å². The van der Waals surface area contributed by atoms with Gasteiger partial charge in [-0.15, -0.1) is 0 Å². The van der Waals surface area contributed by atoms with E-state index in [1.165, 1.54) is 11.4 Å². The molecule has 2 rings (SSSR count). The van der Waals surface area contributed by atoms with Crippen LogP contribution < -0.4 is 21.5 Å². The maximum atomic E-state index is 4.22. The SMILES string of the molecule is CCCCN=Nc1ccc(-c2n(C)cc[n+]2C)cc1.[Br-]. The highest BCUT2D eigenvalue weighted by atomic mass is 79.9.